The average molecular weight is 322 g/mol. The molecule has 7 nitrogen and oxygen atoms in total. The summed E-state index contributed by atoms with van der Waals surface area (Å²) in [6, 6.07) is 0. The number of ketones is 1. The Hall–Kier alpha value is -1.99. The summed E-state index contributed by atoms with van der Waals surface area (Å²) < 4.78 is 21.5. The smallest absolute Gasteiger partial charge is 0.334 e. The second-order valence-electron chi connectivity index (χ2n) is 6.01. The van der Waals surface area contributed by atoms with Gasteiger partial charge >= 0.3 is 5.97 Å². The monoisotopic (exact) mass is 322 g/mol. The van der Waals surface area contributed by atoms with Crippen LogP contribution in [0, 0.1) is 17.8 Å². The van der Waals surface area contributed by atoms with Crippen LogP contribution in [-0.4, -0.2) is 50.8 Å². The molecule has 1 aliphatic heterocycles. The Labute approximate surface area is 133 Å². The van der Waals surface area contributed by atoms with Crippen LogP contribution in [-0.2, 0) is 33.3 Å². The summed E-state index contributed by atoms with van der Waals surface area (Å²) in [5, 5.41) is 0. The first-order chi connectivity index (χ1) is 10.9. The molecular formula is C16H18O7. The van der Waals surface area contributed by atoms with Crippen LogP contribution in [0.25, 0.3) is 0 Å². The number of hydrogen-bond acceptors (Lipinski definition) is 7. The van der Waals surface area contributed by atoms with Crippen LogP contribution in [0.3, 0.4) is 0 Å². The van der Waals surface area contributed by atoms with Gasteiger partial charge in [-0.3, -0.25) is 9.59 Å². The van der Waals surface area contributed by atoms with E-state index in [1.165, 1.54) is 21.3 Å². The van der Waals surface area contributed by atoms with E-state index < -0.39 is 29.2 Å². The number of rotatable bonds is 4. The number of fused-ring (bicyclic) bond motifs is 1. The molecule has 1 heterocycles. The Morgan fingerprint density at radius 2 is 1.91 bits per heavy atom. The fourth-order valence-corrected chi connectivity index (χ4v) is 4.19. The molecular weight excluding hydrogens is 304 g/mol. The van der Waals surface area contributed by atoms with Crippen LogP contribution in [0.2, 0.25) is 0 Å². The average Bonchev–Trinajstić information content (AvgIpc) is 2.93. The number of carbonyl (C=O) groups is 3. The van der Waals surface area contributed by atoms with E-state index >= 15 is 0 Å². The van der Waals surface area contributed by atoms with Crippen LogP contribution in [0.1, 0.15) is 6.92 Å². The van der Waals surface area contributed by atoms with Gasteiger partial charge in [0.25, 0.3) is 0 Å². The maximum Gasteiger partial charge on any atom is 0.334 e. The van der Waals surface area contributed by atoms with Crippen LogP contribution < -0.4 is 0 Å². The highest BCUT2D eigenvalue weighted by atomic mass is 16.7. The van der Waals surface area contributed by atoms with Crippen molar-refractivity contribution in [2.75, 3.05) is 21.3 Å². The van der Waals surface area contributed by atoms with Gasteiger partial charge in [0.15, 0.2) is 17.8 Å². The SMILES string of the molecule is COC(=O)C1=C[C@H]2C(=O)C(OC)(OC)[C@@H]1[C@@]1(C)OC(C=O)=C[C@@H]21. The maximum atomic E-state index is 12.9. The maximum absolute atomic E-state index is 12.9. The van der Waals surface area contributed by atoms with Crippen molar-refractivity contribution in [3.05, 3.63) is 23.5 Å². The van der Waals surface area contributed by atoms with Crippen molar-refractivity contribution in [3.63, 3.8) is 0 Å². The number of aldehydes is 1. The molecule has 0 aromatic carbocycles. The summed E-state index contributed by atoms with van der Waals surface area (Å²) in [5.41, 5.74) is -0.751. The third kappa shape index (κ3) is 1.74. The van der Waals surface area contributed by atoms with E-state index in [4.69, 9.17) is 18.9 Å². The van der Waals surface area contributed by atoms with Gasteiger partial charge in [-0.1, -0.05) is 6.08 Å². The zero-order chi connectivity index (χ0) is 17.0. The molecule has 0 amide bonds. The molecule has 0 spiro atoms. The van der Waals surface area contributed by atoms with Gasteiger partial charge in [0.1, 0.15) is 5.60 Å². The minimum Gasteiger partial charge on any atom is -0.483 e. The van der Waals surface area contributed by atoms with Crippen LogP contribution >= 0.6 is 0 Å². The van der Waals surface area contributed by atoms with Gasteiger partial charge < -0.3 is 18.9 Å². The quantitative estimate of drug-likeness (QED) is 0.420. The molecule has 23 heavy (non-hydrogen) atoms. The molecule has 2 bridgehead atoms. The lowest BCUT2D eigenvalue weighted by atomic mass is 9.54. The van der Waals surface area contributed by atoms with Gasteiger partial charge in [-0.2, -0.15) is 0 Å². The molecule has 0 saturated heterocycles. The van der Waals surface area contributed by atoms with Crippen molar-refractivity contribution >= 4 is 18.0 Å². The normalized spacial score (nSPS) is 36.7. The molecule has 0 radical (unpaired) electrons. The zero-order valence-corrected chi connectivity index (χ0v) is 13.3. The lowest BCUT2D eigenvalue weighted by molar-refractivity contribution is -0.273. The van der Waals surface area contributed by atoms with E-state index in [9.17, 15) is 14.4 Å². The molecule has 4 rings (SSSR count). The Morgan fingerprint density at radius 3 is 2.43 bits per heavy atom. The summed E-state index contributed by atoms with van der Waals surface area (Å²) in [4.78, 5) is 36.2. The third-order valence-corrected chi connectivity index (χ3v) is 5.14. The van der Waals surface area contributed by atoms with E-state index in [0.29, 0.717) is 6.29 Å². The third-order valence-electron chi connectivity index (χ3n) is 5.14. The number of ether oxygens (including phenoxy) is 4. The number of Topliss-reactive ketones (excluding diaryl/α,β-unsaturated/α-hetero) is 1. The molecule has 0 N–H and O–H groups in total. The molecule has 7 heteroatoms. The Bertz CT molecular complexity index is 643. The second kappa shape index (κ2) is 5.01. The molecule has 4 atom stereocenters. The molecule has 0 aromatic heterocycles. The molecule has 1 fully saturated rings. The predicted molar refractivity (Wildman–Crippen MR) is 76.0 cm³/mol. The highest BCUT2D eigenvalue weighted by Crippen LogP contribution is 2.59. The van der Waals surface area contributed by atoms with Gasteiger partial charge in [0, 0.05) is 25.7 Å². The van der Waals surface area contributed by atoms with Gasteiger partial charge in [-0.05, 0) is 13.0 Å². The Balaban J connectivity index is 2.22. The fraction of sp³-hybridized carbons (Fsp3) is 0.562. The first kappa shape index (κ1) is 15.9. The van der Waals surface area contributed by atoms with Crippen molar-refractivity contribution < 1.29 is 33.3 Å². The summed E-state index contributed by atoms with van der Waals surface area (Å²) in [6.07, 6.45) is 3.80. The highest BCUT2D eigenvalue weighted by molar-refractivity contribution is 6.01. The van der Waals surface area contributed by atoms with E-state index in [-0.39, 0.29) is 23.0 Å². The zero-order valence-electron chi connectivity index (χ0n) is 13.3. The largest absolute Gasteiger partial charge is 0.483 e. The number of methoxy groups -OCH3 is 3. The summed E-state index contributed by atoms with van der Waals surface area (Å²) in [5.74, 6) is -4.30. The predicted octanol–water partition coefficient (Wildman–Crippen LogP) is 0.391. The van der Waals surface area contributed by atoms with Gasteiger partial charge in [-0.15, -0.1) is 0 Å². The Kier molecular flexibility index (Phi) is 3.46. The van der Waals surface area contributed by atoms with Gasteiger partial charge in [0.05, 0.1) is 18.9 Å². The van der Waals surface area contributed by atoms with Crippen molar-refractivity contribution in [3.8, 4) is 0 Å². The van der Waals surface area contributed by atoms with Crippen molar-refractivity contribution in [2.45, 2.75) is 18.3 Å². The summed E-state index contributed by atoms with van der Waals surface area (Å²) in [6.45, 7) is 1.75. The van der Waals surface area contributed by atoms with E-state index in [2.05, 4.69) is 0 Å². The van der Waals surface area contributed by atoms with Crippen molar-refractivity contribution in [1.82, 2.24) is 0 Å². The number of allylic oxidation sites excluding steroid dienone is 2. The minimum atomic E-state index is -1.65. The molecule has 124 valence electrons. The number of esters is 1. The molecule has 0 unspecified atom stereocenters. The molecule has 4 aliphatic rings. The molecule has 0 aromatic rings. The van der Waals surface area contributed by atoms with Crippen molar-refractivity contribution in [2.24, 2.45) is 17.8 Å². The van der Waals surface area contributed by atoms with E-state index in [1.807, 2.05) is 0 Å². The molecule has 1 saturated carbocycles. The highest BCUT2D eigenvalue weighted by Gasteiger charge is 2.72. The molecule has 3 aliphatic carbocycles. The first-order valence-corrected chi connectivity index (χ1v) is 7.20. The van der Waals surface area contributed by atoms with Crippen LogP contribution in [0.5, 0.6) is 0 Å². The minimum absolute atomic E-state index is 0.142. The summed E-state index contributed by atoms with van der Waals surface area (Å²) >= 11 is 0. The van der Waals surface area contributed by atoms with Crippen LogP contribution in [0.15, 0.2) is 23.5 Å². The fourth-order valence-electron chi connectivity index (χ4n) is 4.19. The number of carbonyl (C=O) groups excluding carboxylic acids is 3. The lowest BCUT2D eigenvalue weighted by Gasteiger charge is -2.56. The topological polar surface area (TPSA) is 88.1 Å². The van der Waals surface area contributed by atoms with Gasteiger partial charge in [-0.25, -0.2) is 4.79 Å². The first-order valence-electron chi connectivity index (χ1n) is 7.20. The Morgan fingerprint density at radius 1 is 1.26 bits per heavy atom. The standard InChI is InChI=1S/C16H18O7/c1-15-11(5-8(7-17)23-15)9-6-10(14(19)20-2)12(15)16(21-3,22-4)13(9)18/h5-7,9,11-12H,1-4H3/t9-,11+,12+,15+/m1/s1. The van der Waals surface area contributed by atoms with Crippen LogP contribution in [0.4, 0.5) is 0 Å². The van der Waals surface area contributed by atoms with E-state index in [0.717, 1.165) is 0 Å². The van der Waals surface area contributed by atoms with Crippen molar-refractivity contribution in [1.29, 1.82) is 0 Å². The second-order valence-corrected chi connectivity index (χ2v) is 6.01. The van der Waals surface area contributed by atoms with Gasteiger partial charge in [0.2, 0.25) is 5.79 Å². The van der Waals surface area contributed by atoms with E-state index in [1.54, 1.807) is 19.1 Å². The lowest BCUT2D eigenvalue weighted by Crippen LogP contribution is -2.70. The summed E-state index contributed by atoms with van der Waals surface area (Å²) in [7, 11) is 3.95. The number of hydrogen-bond donors (Lipinski definition) is 0.